The fourth-order valence-electron chi connectivity index (χ4n) is 1.42. The van der Waals surface area contributed by atoms with Gasteiger partial charge in [0.15, 0.2) is 0 Å². The summed E-state index contributed by atoms with van der Waals surface area (Å²) in [6.07, 6.45) is 1.06. The first-order valence-electron chi connectivity index (χ1n) is 5.20. The van der Waals surface area contributed by atoms with Gasteiger partial charge >= 0.3 is 0 Å². The van der Waals surface area contributed by atoms with Crippen LogP contribution in [0.15, 0.2) is 6.33 Å². The van der Waals surface area contributed by atoms with Crippen LogP contribution in [0.5, 0.6) is 5.88 Å². The van der Waals surface area contributed by atoms with Crippen LogP contribution in [-0.2, 0) is 0 Å². The monoisotopic (exact) mass is 210 g/mol. The van der Waals surface area contributed by atoms with Crippen molar-refractivity contribution in [2.75, 3.05) is 6.61 Å². The molecule has 1 aromatic heterocycles. The van der Waals surface area contributed by atoms with Crippen LogP contribution in [-0.4, -0.2) is 27.8 Å². The summed E-state index contributed by atoms with van der Waals surface area (Å²) in [5, 5.41) is 9.52. The van der Waals surface area contributed by atoms with Gasteiger partial charge in [-0.3, -0.25) is 0 Å². The second kappa shape index (κ2) is 5.07. The lowest BCUT2D eigenvalue weighted by atomic mass is 9.98. The van der Waals surface area contributed by atoms with Gasteiger partial charge in [0.25, 0.3) is 0 Å². The molecule has 0 aromatic carbocycles. The summed E-state index contributed by atoms with van der Waals surface area (Å²) in [6, 6.07) is 0. The summed E-state index contributed by atoms with van der Waals surface area (Å²) < 4.78 is 5.37. The van der Waals surface area contributed by atoms with Gasteiger partial charge in [-0.2, -0.15) is 0 Å². The van der Waals surface area contributed by atoms with E-state index in [0.717, 1.165) is 11.3 Å². The molecule has 0 fully saturated rings. The van der Waals surface area contributed by atoms with Gasteiger partial charge in [-0.1, -0.05) is 6.92 Å². The normalized spacial score (nSPS) is 14.7. The van der Waals surface area contributed by atoms with E-state index in [1.807, 2.05) is 20.8 Å². The highest BCUT2D eigenvalue weighted by atomic mass is 16.5. The molecule has 1 heterocycles. The smallest absolute Gasteiger partial charge is 0.219 e. The van der Waals surface area contributed by atoms with Gasteiger partial charge in [-0.05, 0) is 20.8 Å². The fourth-order valence-corrected chi connectivity index (χ4v) is 1.42. The molecule has 0 aliphatic heterocycles. The molecular formula is C11H18N2O2. The minimum atomic E-state index is -0.423. The van der Waals surface area contributed by atoms with Gasteiger partial charge in [-0.25, -0.2) is 9.97 Å². The third-order valence-corrected chi connectivity index (χ3v) is 2.51. The largest absolute Gasteiger partial charge is 0.478 e. The van der Waals surface area contributed by atoms with Crippen LogP contribution in [0.1, 0.15) is 37.9 Å². The Morgan fingerprint density at radius 2 is 2.07 bits per heavy atom. The van der Waals surface area contributed by atoms with Crippen molar-refractivity contribution in [3.63, 3.8) is 0 Å². The maximum absolute atomic E-state index is 9.52. The molecule has 4 heteroatoms. The van der Waals surface area contributed by atoms with Crippen molar-refractivity contribution in [2.45, 2.75) is 39.7 Å². The van der Waals surface area contributed by atoms with Gasteiger partial charge in [-0.15, -0.1) is 0 Å². The molecule has 2 atom stereocenters. The van der Waals surface area contributed by atoms with E-state index in [1.54, 1.807) is 6.92 Å². The number of hydrogen-bond donors (Lipinski definition) is 1. The number of aromatic nitrogens is 2. The molecule has 0 radical (unpaired) electrons. The standard InChI is InChI=1S/C11H18N2O2/c1-5-15-11-8(3)10(12-6-13-11)7(2)9(4)14/h6-7,9,14H,5H2,1-4H3. The summed E-state index contributed by atoms with van der Waals surface area (Å²) in [6.45, 7) is 8.11. The zero-order valence-corrected chi connectivity index (χ0v) is 9.69. The summed E-state index contributed by atoms with van der Waals surface area (Å²) in [4.78, 5) is 8.25. The Kier molecular flexibility index (Phi) is 4.03. The first-order valence-corrected chi connectivity index (χ1v) is 5.20. The molecule has 0 aliphatic carbocycles. The maximum atomic E-state index is 9.52. The van der Waals surface area contributed by atoms with Crippen LogP contribution >= 0.6 is 0 Å². The molecule has 0 aliphatic rings. The molecule has 0 bridgehead atoms. The predicted molar refractivity (Wildman–Crippen MR) is 58.0 cm³/mol. The van der Waals surface area contributed by atoms with E-state index < -0.39 is 6.10 Å². The maximum Gasteiger partial charge on any atom is 0.219 e. The molecule has 0 saturated heterocycles. The second-order valence-corrected chi connectivity index (χ2v) is 3.65. The number of ether oxygens (including phenoxy) is 1. The Morgan fingerprint density at radius 1 is 1.40 bits per heavy atom. The number of nitrogens with zero attached hydrogens (tertiary/aromatic N) is 2. The van der Waals surface area contributed by atoms with E-state index in [1.165, 1.54) is 6.33 Å². The van der Waals surface area contributed by atoms with E-state index in [0.29, 0.717) is 12.5 Å². The van der Waals surface area contributed by atoms with Crippen molar-refractivity contribution >= 4 is 0 Å². The van der Waals surface area contributed by atoms with Crippen molar-refractivity contribution < 1.29 is 9.84 Å². The third-order valence-electron chi connectivity index (χ3n) is 2.51. The average molecular weight is 210 g/mol. The van der Waals surface area contributed by atoms with E-state index in [9.17, 15) is 5.11 Å². The van der Waals surface area contributed by atoms with Crippen LogP contribution < -0.4 is 4.74 Å². The van der Waals surface area contributed by atoms with Gasteiger partial charge < -0.3 is 9.84 Å². The predicted octanol–water partition coefficient (Wildman–Crippen LogP) is 1.67. The molecular weight excluding hydrogens is 192 g/mol. The topological polar surface area (TPSA) is 55.2 Å². The number of aliphatic hydroxyl groups excluding tert-OH is 1. The molecule has 1 rings (SSSR count). The lowest BCUT2D eigenvalue weighted by Crippen LogP contribution is -2.15. The van der Waals surface area contributed by atoms with E-state index in [2.05, 4.69) is 9.97 Å². The molecule has 84 valence electrons. The fraction of sp³-hybridized carbons (Fsp3) is 0.636. The molecule has 0 saturated carbocycles. The quantitative estimate of drug-likeness (QED) is 0.821. The number of hydrogen-bond acceptors (Lipinski definition) is 4. The minimum absolute atomic E-state index is 0.00722. The highest BCUT2D eigenvalue weighted by Crippen LogP contribution is 2.25. The van der Waals surface area contributed by atoms with Gasteiger partial charge in [0.2, 0.25) is 5.88 Å². The van der Waals surface area contributed by atoms with Crippen LogP contribution in [0.3, 0.4) is 0 Å². The molecule has 1 N–H and O–H groups in total. The van der Waals surface area contributed by atoms with Crippen molar-refractivity contribution in [3.8, 4) is 5.88 Å². The Morgan fingerprint density at radius 3 is 2.60 bits per heavy atom. The first-order chi connectivity index (χ1) is 7.07. The lowest BCUT2D eigenvalue weighted by Gasteiger charge is -2.17. The zero-order valence-electron chi connectivity index (χ0n) is 9.69. The number of aliphatic hydroxyl groups is 1. The minimum Gasteiger partial charge on any atom is -0.478 e. The Labute approximate surface area is 90.3 Å². The molecule has 2 unspecified atom stereocenters. The van der Waals surface area contributed by atoms with Crippen molar-refractivity contribution in [3.05, 3.63) is 17.6 Å². The molecule has 1 aromatic rings. The molecule has 4 nitrogen and oxygen atoms in total. The average Bonchev–Trinajstić information content (AvgIpc) is 2.20. The SMILES string of the molecule is CCOc1ncnc(C(C)C(C)O)c1C. The Bertz CT molecular complexity index is 326. The van der Waals surface area contributed by atoms with Crippen LogP contribution in [0.25, 0.3) is 0 Å². The summed E-state index contributed by atoms with van der Waals surface area (Å²) >= 11 is 0. The highest BCUT2D eigenvalue weighted by molar-refractivity contribution is 5.30. The zero-order chi connectivity index (χ0) is 11.4. The molecule has 15 heavy (non-hydrogen) atoms. The second-order valence-electron chi connectivity index (χ2n) is 3.65. The van der Waals surface area contributed by atoms with Crippen LogP contribution in [0.2, 0.25) is 0 Å². The van der Waals surface area contributed by atoms with Crippen LogP contribution in [0, 0.1) is 6.92 Å². The van der Waals surface area contributed by atoms with Crippen LogP contribution in [0.4, 0.5) is 0 Å². The van der Waals surface area contributed by atoms with Gasteiger partial charge in [0.1, 0.15) is 6.33 Å². The van der Waals surface area contributed by atoms with Gasteiger partial charge in [0.05, 0.1) is 18.4 Å². The lowest BCUT2D eigenvalue weighted by molar-refractivity contribution is 0.166. The van der Waals surface area contributed by atoms with E-state index in [-0.39, 0.29) is 5.92 Å². The van der Waals surface area contributed by atoms with Crippen molar-refractivity contribution in [1.29, 1.82) is 0 Å². The van der Waals surface area contributed by atoms with E-state index >= 15 is 0 Å². The van der Waals surface area contributed by atoms with Gasteiger partial charge in [0, 0.05) is 11.5 Å². The van der Waals surface area contributed by atoms with E-state index in [4.69, 9.17) is 4.74 Å². The summed E-state index contributed by atoms with van der Waals surface area (Å²) in [5.41, 5.74) is 1.76. The van der Waals surface area contributed by atoms with Crippen molar-refractivity contribution in [1.82, 2.24) is 9.97 Å². The highest BCUT2D eigenvalue weighted by Gasteiger charge is 2.18. The first kappa shape index (κ1) is 11.9. The Hall–Kier alpha value is -1.16. The third kappa shape index (κ3) is 2.65. The molecule has 0 spiro atoms. The van der Waals surface area contributed by atoms with Crippen molar-refractivity contribution in [2.24, 2.45) is 0 Å². The summed E-state index contributed by atoms with van der Waals surface area (Å²) in [7, 11) is 0. The summed E-state index contributed by atoms with van der Waals surface area (Å²) in [5.74, 6) is 0.599. The molecule has 0 amide bonds. The Balaban J connectivity index is 3.03. The number of rotatable bonds is 4.